The van der Waals surface area contributed by atoms with E-state index in [2.05, 4.69) is 27.6 Å². The molecule has 0 bridgehead atoms. The molecule has 114 valence electrons. The summed E-state index contributed by atoms with van der Waals surface area (Å²) in [5.74, 6) is 0.614. The van der Waals surface area contributed by atoms with Crippen LogP contribution >= 0.6 is 27.3 Å². The number of aliphatic hydroxyl groups is 1. The fourth-order valence-electron chi connectivity index (χ4n) is 2.34. The number of nitrogens with one attached hydrogen (secondary N) is 1. The van der Waals surface area contributed by atoms with Crippen molar-refractivity contribution in [3.8, 4) is 0 Å². The molecule has 0 unspecified atom stereocenters. The lowest BCUT2D eigenvalue weighted by atomic mass is 9.80. The Balaban J connectivity index is 2.02. The third-order valence-corrected chi connectivity index (χ3v) is 7.91. The molecule has 0 spiro atoms. The van der Waals surface area contributed by atoms with Crippen molar-refractivity contribution in [1.82, 2.24) is 4.72 Å². The Morgan fingerprint density at radius 2 is 2.10 bits per heavy atom. The topological polar surface area (TPSA) is 66.4 Å². The summed E-state index contributed by atoms with van der Waals surface area (Å²) in [4.78, 5) is 0. The van der Waals surface area contributed by atoms with Crippen LogP contribution in [0.5, 0.6) is 0 Å². The molecule has 1 fully saturated rings. The maximum absolute atomic E-state index is 12.2. The number of hydrogen-bond acceptors (Lipinski definition) is 4. The summed E-state index contributed by atoms with van der Waals surface area (Å²) in [5, 5.41) is 10.4. The van der Waals surface area contributed by atoms with E-state index in [-0.39, 0.29) is 10.8 Å². The van der Waals surface area contributed by atoms with Crippen molar-refractivity contribution in [2.24, 2.45) is 5.92 Å². The molecule has 0 aromatic carbocycles. The smallest absolute Gasteiger partial charge is 0.250 e. The minimum atomic E-state index is -3.53. The van der Waals surface area contributed by atoms with Crippen molar-refractivity contribution < 1.29 is 13.5 Å². The first-order valence-corrected chi connectivity index (χ1v) is 9.79. The fraction of sp³-hybridized carbons (Fsp3) is 0.692. The van der Waals surface area contributed by atoms with E-state index in [4.69, 9.17) is 0 Å². The van der Waals surface area contributed by atoms with Crippen LogP contribution in [0.25, 0.3) is 0 Å². The van der Waals surface area contributed by atoms with E-state index in [1.54, 1.807) is 6.07 Å². The average molecular weight is 382 g/mol. The highest BCUT2D eigenvalue weighted by Gasteiger charge is 2.33. The highest BCUT2D eigenvalue weighted by Crippen LogP contribution is 2.33. The Morgan fingerprint density at radius 3 is 2.60 bits per heavy atom. The molecule has 1 aromatic heterocycles. The van der Waals surface area contributed by atoms with E-state index >= 15 is 0 Å². The zero-order chi connectivity index (χ0) is 15.0. The summed E-state index contributed by atoms with van der Waals surface area (Å²) in [6.07, 6.45) is 3.21. The third kappa shape index (κ3) is 3.82. The highest BCUT2D eigenvalue weighted by atomic mass is 79.9. The Hall–Kier alpha value is 0.0500. The summed E-state index contributed by atoms with van der Waals surface area (Å²) < 4.78 is 28.1. The molecule has 0 atom stereocenters. The zero-order valence-electron chi connectivity index (χ0n) is 11.6. The first kappa shape index (κ1) is 16.4. The van der Waals surface area contributed by atoms with Crippen LogP contribution < -0.4 is 4.72 Å². The van der Waals surface area contributed by atoms with Gasteiger partial charge in [-0.3, -0.25) is 0 Å². The van der Waals surface area contributed by atoms with Crippen LogP contribution in [0.4, 0.5) is 0 Å². The van der Waals surface area contributed by atoms with Gasteiger partial charge in [-0.15, -0.1) is 11.3 Å². The van der Waals surface area contributed by atoms with Gasteiger partial charge in [0.2, 0.25) is 10.0 Å². The number of thiophene rings is 1. The quantitative estimate of drug-likeness (QED) is 0.841. The van der Waals surface area contributed by atoms with Crippen molar-refractivity contribution in [3.63, 3.8) is 0 Å². The molecule has 2 N–H and O–H groups in total. The number of halogens is 1. The van der Waals surface area contributed by atoms with Gasteiger partial charge in [-0.2, -0.15) is 0 Å². The van der Waals surface area contributed by atoms with Crippen LogP contribution in [-0.2, 0) is 10.0 Å². The van der Waals surface area contributed by atoms with Gasteiger partial charge in [-0.1, -0.05) is 6.92 Å². The van der Waals surface area contributed by atoms with Gasteiger partial charge < -0.3 is 5.11 Å². The molecule has 0 amide bonds. The van der Waals surface area contributed by atoms with E-state index < -0.39 is 15.6 Å². The standard InChI is InChI=1S/C13H20BrNO3S2/c1-9-3-5-13(16,6-4-9)8-15-20(17,18)11-7-10(2)12(14)19-11/h7,9,15-16H,3-6,8H2,1-2H3. The lowest BCUT2D eigenvalue weighted by Gasteiger charge is -2.34. The molecule has 1 aliphatic carbocycles. The first-order valence-electron chi connectivity index (χ1n) is 6.70. The molecule has 0 saturated heterocycles. The first-order chi connectivity index (χ1) is 9.22. The monoisotopic (exact) mass is 381 g/mol. The summed E-state index contributed by atoms with van der Waals surface area (Å²) in [5.41, 5.74) is 0.00363. The number of hydrogen-bond donors (Lipinski definition) is 2. The van der Waals surface area contributed by atoms with Gasteiger partial charge in [-0.25, -0.2) is 13.1 Å². The summed E-state index contributed by atoms with van der Waals surface area (Å²) in [7, 11) is -3.53. The van der Waals surface area contributed by atoms with Crippen LogP contribution in [0.2, 0.25) is 0 Å². The second-order valence-electron chi connectivity index (χ2n) is 5.75. The largest absolute Gasteiger partial charge is 0.389 e. The molecule has 1 aliphatic rings. The highest BCUT2D eigenvalue weighted by molar-refractivity contribution is 9.11. The molecule has 20 heavy (non-hydrogen) atoms. The summed E-state index contributed by atoms with van der Waals surface area (Å²) >= 11 is 4.52. The van der Waals surface area contributed by atoms with Crippen molar-refractivity contribution >= 4 is 37.3 Å². The lowest BCUT2D eigenvalue weighted by Crippen LogP contribution is -2.45. The van der Waals surface area contributed by atoms with Crippen LogP contribution in [-0.4, -0.2) is 25.7 Å². The second-order valence-corrected chi connectivity index (χ2v) is 10.1. The van der Waals surface area contributed by atoms with Gasteiger partial charge in [0.1, 0.15) is 4.21 Å². The fourth-order valence-corrected chi connectivity index (χ4v) is 5.73. The van der Waals surface area contributed by atoms with E-state index in [0.717, 1.165) is 22.2 Å². The SMILES string of the molecule is Cc1cc(S(=O)(=O)NCC2(O)CCC(C)CC2)sc1Br. The Morgan fingerprint density at radius 1 is 1.50 bits per heavy atom. The lowest BCUT2D eigenvalue weighted by molar-refractivity contribution is -0.00181. The molecule has 4 nitrogen and oxygen atoms in total. The molecule has 2 rings (SSSR count). The average Bonchev–Trinajstić information content (AvgIpc) is 2.73. The van der Waals surface area contributed by atoms with Crippen LogP contribution in [0.3, 0.4) is 0 Å². The van der Waals surface area contributed by atoms with Crippen molar-refractivity contribution in [2.45, 2.75) is 49.3 Å². The Labute approximate surface area is 132 Å². The molecular weight excluding hydrogens is 362 g/mol. The molecule has 0 radical (unpaired) electrons. The molecule has 1 aromatic rings. The van der Waals surface area contributed by atoms with Crippen molar-refractivity contribution in [2.75, 3.05) is 6.54 Å². The van der Waals surface area contributed by atoms with Crippen LogP contribution in [0.15, 0.2) is 14.1 Å². The maximum atomic E-state index is 12.2. The summed E-state index contributed by atoms with van der Waals surface area (Å²) in [6, 6.07) is 1.64. The van der Waals surface area contributed by atoms with Gasteiger partial charge in [0.15, 0.2) is 0 Å². The predicted molar refractivity (Wildman–Crippen MR) is 84.5 cm³/mol. The van der Waals surface area contributed by atoms with E-state index in [0.29, 0.717) is 18.8 Å². The van der Waals surface area contributed by atoms with Gasteiger partial charge in [-0.05, 0) is 66.1 Å². The van der Waals surface area contributed by atoms with Crippen LogP contribution in [0, 0.1) is 12.8 Å². The molecule has 1 saturated carbocycles. The molecule has 0 aliphatic heterocycles. The normalized spacial score (nSPS) is 27.7. The molecule has 1 heterocycles. The third-order valence-electron chi connectivity index (χ3n) is 3.90. The van der Waals surface area contributed by atoms with E-state index in [1.807, 2.05) is 6.92 Å². The van der Waals surface area contributed by atoms with Gasteiger partial charge >= 0.3 is 0 Å². The zero-order valence-corrected chi connectivity index (χ0v) is 14.9. The van der Waals surface area contributed by atoms with Gasteiger partial charge in [0, 0.05) is 6.54 Å². The predicted octanol–water partition coefficient (Wildman–Crippen LogP) is 3.04. The second kappa shape index (κ2) is 6.04. The molecule has 7 heteroatoms. The van der Waals surface area contributed by atoms with E-state index in [1.165, 1.54) is 11.3 Å². The minimum absolute atomic E-state index is 0.0939. The minimum Gasteiger partial charge on any atom is -0.389 e. The Kier molecular flexibility index (Phi) is 4.96. The Bertz CT molecular complexity index is 555. The number of sulfonamides is 1. The maximum Gasteiger partial charge on any atom is 0.250 e. The van der Waals surface area contributed by atoms with Crippen LogP contribution in [0.1, 0.15) is 38.2 Å². The van der Waals surface area contributed by atoms with Gasteiger partial charge in [0.25, 0.3) is 0 Å². The van der Waals surface area contributed by atoms with Gasteiger partial charge in [0.05, 0.1) is 9.39 Å². The number of aryl methyl sites for hydroxylation is 1. The molecular formula is C13H20BrNO3S2. The van der Waals surface area contributed by atoms with E-state index in [9.17, 15) is 13.5 Å². The van der Waals surface area contributed by atoms with Crippen molar-refractivity contribution in [1.29, 1.82) is 0 Å². The number of rotatable bonds is 4. The van der Waals surface area contributed by atoms with Crippen molar-refractivity contribution in [3.05, 3.63) is 15.4 Å². The summed E-state index contributed by atoms with van der Waals surface area (Å²) in [6.45, 7) is 4.11.